The number of hydrogen-bond donors (Lipinski definition) is 0. The number of hydrogen-bond acceptors (Lipinski definition) is 1. The molecule has 2 nitrogen and oxygen atoms in total. The van der Waals surface area contributed by atoms with Gasteiger partial charge in [-0.2, -0.15) is 9.83 Å². The second-order valence-corrected chi connectivity index (χ2v) is 7.00. The summed E-state index contributed by atoms with van der Waals surface area (Å²) in [4.78, 5) is 0. The summed E-state index contributed by atoms with van der Waals surface area (Å²) in [5, 5.41) is 9.91. The van der Waals surface area contributed by atoms with Crippen LogP contribution in [-0.2, 0) is 7.05 Å². The van der Waals surface area contributed by atoms with Gasteiger partial charge in [0.05, 0.1) is 11.5 Å². The lowest BCUT2D eigenvalue weighted by molar-refractivity contribution is -0.617. The maximum absolute atomic E-state index is 7.32. The molecule has 0 atom stereocenters. The average molecular weight is 353 g/mol. The van der Waals surface area contributed by atoms with E-state index in [4.69, 9.17) is 5.26 Å². The summed E-state index contributed by atoms with van der Waals surface area (Å²) < 4.78 is 2.30. The summed E-state index contributed by atoms with van der Waals surface area (Å²) in [7, 11) is 2.16. The Balaban J connectivity index is 0.000000659. The van der Waals surface area contributed by atoms with Gasteiger partial charge in [-0.25, -0.2) is 0 Å². The monoisotopic (exact) mass is 353 g/mol. The Kier molecular flexibility index (Phi) is 5.23. The lowest BCUT2D eigenvalue weighted by Crippen LogP contribution is -2.30. The summed E-state index contributed by atoms with van der Waals surface area (Å²) in [6, 6.07) is 23.9. The van der Waals surface area contributed by atoms with Gasteiger partial charge in [0, 0.05) is 24.4 Å². The number of benzene rings is 3. The number of rotatable bonds is 1. The van der Waals surface area contributed by atoms with E-state index < -0.39 is 0 Å². The number of para-hydroxylation sites is 1. The highest BCUT2D eigenvalue weighted by Gasteiger charge is 2.16. The Morgan fingerprint density at radius 3 is 2.07 bits per heavy atom. The van der Waals surface area contributed by atoms with E-state index in [0.29, 0.717) is 0 Å². The van der Waals surface area contributed by atoms with Gasteiger partial charge in [0.15, 0.2) is 0 Å². The first-order chi connectivity index (χ1) is 13.0. The summed E-state index contributed by atoms with van der Waals surface area (Å²) >= 11 is 0. The fourth-order valence-corrected chi connectivity index (χ4v) is 4.02. The molecule has 1 heterocycles. The molecule has 0 spiro atoms. The fraction of sp³-hybridized carbons (Fsp3) is 0.200. The maximum Gasteiger partial charge on any atom is 0.213 e. The minimum Gasteiger partial charge on any atom is -0.199 e. The molecule has 0 fully saturated rings. The van der Waals surface area contributed by atoms with Crippen molar-refractivity contribution >= 4 is 21.8 Å². The summed E-state index contributed by atoms with van der Waals surface area (Å²) in [5.74, 6) is 0. The molecular weight excluding hydrogens is 328 g/mol. The zero-order chi connectivity index (χ0) is 19.6. The molecule has 0 radical (unpaired) electrons. The van der Waals surface area contributed by atoms with Crippen molar-refractivity contribution in [2.45, 2.75) is 27.7 Å². The molecule has 0 aliphatic carbocycles. The Bertz CT molecular complexity index is 1160. The highest BCUT2D eigenvalue weighted by molar-refractivity contribution is 5.99. The van der Waals surface area contributed by atoms with E-state index in [1.165, 1.54) is 56.5 Å². The van der Waals surface area contributed by atoms with Crippen molar-refractivity contribution in [1.82, 2.24) is 0 Å². The third-order valence-electron chi connectivity index (χ3n) is 4.99. The van der Waals surface area contributed by atoms with Crippen molar-refractivity contribution in [2.24, 2.45) is 7.05 Å². The Morgan fingerprint density at radius 1 is 0.815 bits per heavy atom. The van der Waals surface area contributed by atoms with E-state index in [0.717, 1.165) is 0 Å². The van der Waals surface area contributed by atoms with Crippen molar-refractivity contribution < 1.29 is 4.57 Å². The molecule has 1 aromatic heterocycles. The van der Waals surface area contributed by atoms with Crippen LogP contribution in [0.3, 0.4) is 0 Å². The van der Waals surface area contributed by atoms with Crippen molar-refractivity contribution in [2.75, 3.05) is 0 Å². The van der Waals surface area contributed by atoms with Crippen LogP contribution in [0.5, 0.6) is 0 Å². The second kappa shape index (κ2) is 7.60. The first kappa shape index (κ1) is 18.6. The van der Waals surface area contributed by atoms with Gasteiger partial charge >= 0.3 is 0 Å². The maximum atomic E-state index is 7.32. The number of nitrogens with zero attached hydrogens (tertiary/aromatic N) is 2. The van der Waals surface area contributed by atoms with E-state index in [1.54, 1.807) is 6.07 Å². The van der Waals surface area contributed by atoms with Crippen molar-refractivity contribution in [3.05, 3.63) is 77.4 Å². The SMILES string of the molecule is CC#N.Cc1cc(C)c(-c2cccc3c2cc2ccccc2[n+]3C)c(C)c1. The third-order valence-corrected chi connectivity index (χ3v) is 4.99. The van der Waals surface area contributed by atoms with Crippen LogP contribution >= 0.6 is 0 Å². The van der Waals surface area contributed by atoms with Crippen LogP contribution in [-0.4, -0.2) is 0 Å². The zero-order valence-corrected chi connectivity index (χ0v) is 16.7. The summed E-state index contributed by atoms with van der Waals surface area (Å²) in [5.41, 5.74) is 9.23. The number of aryl methyl sites for hydroxylation is 4. The first-order valence-electron chi connectivity index (χ1n) is 9.17. The number of fused-ring (bicyclic) bond motifs is 2. The van der Waals surface area contributed by atoms with E-state index in [-0.39, 0.29) is 0 Å². The molecule has 27 heavy (non-hydrogen) atoms. The zero-order valence-electron chi connectivity index (χ0n) is 16.7. The highest BCUT2D eigenvalue weighted by Crippen LogP contribution is 2.34. The predicted octanol–water partition coefficient (Wildman–Crippen LogP) is 5.94. The standard InChI is InChI=1S/C23H22N.C2H3N/c1-15-12-16(2)23(17(3)13-15)19-9-7-11-22-20(19)14-18-8-5-6-10-21(18)24(22)4;1-2-3/h5-14H,1-4H3;1H3/q+1;. The van der Waals surface area contributed by atoms with Gasteiger partial charge in [-0.05, 0) is 55.2 Å². The predicted molar refractivity (Wildman–Crippen MR) is 114 cm³/mol. The van der Waals surface area contributed by atoms with Crippen LogP contribution < -0.4 is 4.57 Å². The lowest BCUT2D eigenvalue weighted by Gasteiger charge is -2.14. The van der Waals surface area contributed by atoms with Gasteiger partial charge in [0.25, 0.3) is 0 Å². The molecule has 0 saturated heterocycles. The molecule has 2 heteroatoms. The number of nitriles is 1. The molecule has 0 bridgehead atoms. The summed E-state index contributed by atoms with van der Waals surface area (Å²) in [6.45, 7) is 8.03. The molecule has 0 saturated carbocycles. The Labute approximate surface area is 161 Å². The molecule has 0 N–H and O–H groups in total. The molecular formula is C25H25N2+. The minimum atomic E-state index is 1.26. The average Bonchev–Trinajstić information content (AvgIpc) is 2.62. The Hall–Kier alpha value is -3.18. The largest absolute Gasteiger partial charge is 0.213 e. The van der Waals surface area contributed by atoms with Gasteiger partial charge in [-0.1, -0.05) is 42.0 Å². The third kappa shape index (κ3) is 3.41. The van der Waals surface area contributed by atoms with Crippen LogP contribution in [0.2, 0.25) is 0 Å². The molecule has 0 aliphatic heterocycles. The normalized spacial score (nSPS) is 10.4. The molecule has 0 unspecified atom stereocenters. The fourth-order valence-electron chi connectivity index (χ4n) is 4.02. The quantitative estimate of drug-likeness (QED) is 0.307. The van der Waals surface area contributed by atoms with Crippen molar-refractivity contribution in [3.63, 3.8) is 0 Å². The number of pyridine rings is 1. The van der Waals surface area contributed by atoms with Crippen molar-refractivity contribution in [1.29, 1.82) is 5.26 Å². The van der Waals surface area contributed by atoms with Gasteiger partial charge in [0.2, 0.25) is 11.0 Å². The lowest BCUT2D eigenvalue weighted by atomic mass is 9.91. The Morgan fingerprint density at radius 2 is 1.41 bits per heavy atom. The van der Waals surface area contributed by atoms with Crippen LogP contribution in [0.25, 0.3) is 32.9 Å². The highest BCUT2D eigenvalue weighted by atomic mass is 14.9. The van der Waals surface area contributed by atoms with E-state index in [2.05, 4.69) is 93.0 Å². The second-order valence-electron chi connectivity index (χ2n) is 7.00. The topological polar surface area (TPSA) is 27.7 Å². The van der Waals surface area contributed by atoms with E-state index in [1.807, 2.05) is 0 Å². The minimum absolute atomic E-state index is 1.26. The van der Waals surface area contributed by atoms with Gasteiger partial charge < -0.3 is 0 Å². The van der Waals surface area contributed by atoms with E-state index >= 15 is 0 Å². The van der Waals surface area contributed by atoms with E-state index in [9.17, 15) is 0 Å². The van der Waals surface area contributed by atoms with Crippen LogP contribution in [0.4, 0.5) is 0 Å². The van der Waals surface area contributed by atoms with Crippen LogP contribution in [0, 0.1) is 32.1 Å². The van der Waals surface area contributed by atoms with Crippen LogP contribution in [0.15, 0.2) is 60.7 Å². The molecule has 4 aromatic rings. The molecule has 0 aliphatic rings. The molecule has 134 valence electrons. The molecule has 4 rings (SSSR count). The molecule has 0 amide bonds. The van der Waals surface area contributed by atoms with Crippen LogP contribution in [0.1, 0.15) is 23.6 Å². The van der Waals surface area contributed by atoms with Gasteiger partial charge in [-0.15, -0.1) is 0 Å². The van der Waals surface area contributed by atoms with Gasteiger partial charge in [-0.3, -0.25) is 0 Å². The number of aromatic nitrogens is 1. The van der Waals surface area contributed by atoms with Gasteiger partial charge in [0.1, 0.15) is 7.05 Å². The summed E-state index contributed by atoms with van der Waals surface area (Å²) in [6.07, 6.45) is 0. The first-order valence-corrected chi connectivity index (χ1v) is 9.17. The smallest absolute Gasteiger partial charge is 0.199 e. The molecule has 3 aromatic carbocycles. The van der Waals surface area contributed by atoms with Crippen molar-refractivity contribution in [3.8, 4) is 17.2 Å².